The summed E-state index contributed by atoms with van der Waals surface area (Å²) in [5, 5.41) is 0. The van der Waals surface area contributed by atoms with Gasteiger partial charge >= 0.3 is 0 Å². The van der Waals surface area contributed by atoms with Crippen molar-refractivity contribution in [1.82, 2.24) is 0 Å². The number of hydrogen-bond acceptors (Lipinski definition) is 4. The summed E-state index contributed by atoms with van der Waals surface area (Å²) in [7, 11) is 0. The maximum atomic E-state index is 12.8. The van der Waals surface area contributed by atoms with Crippen molar-refractivity contribution in [3.05, 3.63) is 105 Å². The first-order chi connectivity index (χ1) is 13.4. The van der Waals surface area contributed by atoms with Crippen LogP contribution in [-0.2, 0) is 0 Å². The number of aldehydes is 2. The Kier molecular flexibility index (Phi) is 5.41. The molecule has 0 amide bonds. The van der Waals surface area contributed by atoms with Gasteiger partial charge in [-0.1, -0.05) is 59.7 Å². The second-order valence-corrected chi connectivity index (χ2v) is 6.65. The molecule has 138 valence electrons. The third-order valence-electron chi connectivity index (χ3n) is 4.59. The average molecular weight is 370 g/mol. The van der Waals surface area contributed by atoms with Gasteiger partial charge in [-0.25, -0.2) is 0 Å². The van der Waals surface area contributed by atoms with Crippen LogP contribution in [0.4, 0.5) is 0 Å². The molecule has 0 spiro atoms. The van der Waals surface area contributed by atoms with Crippen LogP contribution in [0.1, 0.15) is 63.7 Å². The van der Waals surface area contributed by atoms with Gasteiger partial charge in [-0.05, 0) is 26.0 Å². The van der Waals surface area contributed by atoms with E-state index < -0.39 is 0 Å². The van der Waals surface area contributed by atoms with Crippen LogP contribution in [0.15, 0.2) is 60.7 Å². The second-order valence-electron chi connectivity index (χ2n) is 6.65. The first-order valence-electron chi connectivity index (χ1n) is 8.75. The number of hydrogen-bond donors (Lipinski definition) is 0. The molecule has 4 heteroatoms. The molecule has 0 saturated carbocycles. The van der Waals surface area contributed by atoms with E-state index in [-0.39, 0.29) is 33.8 Å². The van der Waals surface area contributed by atoms with Crippen LogP contribution >= 0.6 is 0 Å². The third kappa shape index (κ3) is 3.71. The van der Waals surface area contributed by atoms with Gasteiger partial charge in [0.25, 0.3) is 0 Å². The maximum Gasteiger partial charge on any atom is 0.193 e. The van der Waals surface area contributed by atoms with E-state index in [1.807, 2.05) is 13.8 Å². The Morgan fingerprint density at radius 2 is 0.929 bits per heavy atom. The Balaban J connectivity index is 2.09. The highest BCUT2D eigenvalue weighted by Crippen LogP contribution is 2.22. The zero-order valence-electron chi connectivity index (χ0n) is 15.6. The highest BCUT2D eigenvalue weighted by Gasteiger charge is 2.21. The molecule has 0 aliphatic carbocycles. The highest BCUT2D eigenvalue weighted by molar-refractivity contribution is 6.17. The van der Waals surface area contributed by atoms with Crippen molar-refractivity contribution in [1.29, 1.82) is 0 Å². The van der Waals surface area contributed by atoms with Gasteiger partial charge in [0.05, 0.1) is 0 Å². The van der Waals surface area contributed by atoms with Crippen LogP contribution in [0.25, 0.3) is 0 Å². The molecule has 0 saturated heterocycles. The van der Waals surface area contributed by atoms with Gasteiger partial charge in [-0.3, -0.25) is 19.2 Å². The van der Waals surface area contributed by atoms with E-state index in [2.05, 4.69) is 0 Å². The van der Waals surface area contributed by atoms with E-state index in [9.17, 15) is 19.2 Å². The Morgan fingerprint density at radius 3 is 1.21 bits per heavy atom. The largest absolute Gasteiger partial charge is 0.298 e. The number of rotatable bonds is 6. The first kappa shape index (κ1) is 19.1. The van der Waals surface area contributed by atoms with Gasteiger partial charge in [0.2, 0.25) is 0 Å². The smallest absolute Gasteiger partial charge is 0.193 e. The molecule has 0 aliphatic rings. The lowest BCUT2D eigenvalue weighted by Gasteiger charge is -2.10. The van der Waals surface area contributed by atoms with Crippen LogP contribution < -0.4 is 0 Å². The fourth-order valence-corrected chi connectivity index (χ4v) is 2.94. The Labute approximate surface area is 162 Å². The van der Waals surface area contributed by atoms with Gasteiger partial charge in [0, 0.05) is 33.4 Å². The van der Waals surface area contributed by atoms with E-state index in [0.717, 1.165) is 11.1 Å². The van der Waals surface area contributed by atoms with E-state index in [1.54, 1.807) is 48.5 Å². The molecule has 0 aromatic heterocycles. The van der Waals surface area contributed by atoms with Crippen molar-refractivity contribution in [3.63, 3.8) is 0 Å². The summed E-state index contributed by atoms with van der Waals surface area (Å²) in [6, 6.07) is 16.5. The fourth-order valence-electron chi connectivity index (χ4n) is 2.94. The topological polar surface area (TPSA) is 68.3 Å². The van der Waals surface area contributed by atoms with Crippen LogP contribution in [0.3, 0.4) is 0 Å². The molecule has 28 heavy (non-hydrogen) atoms. The second kappa shape index (κ2) is 7.92. The van der Waals surface area contributed by atoms with E-state index in [0.29, 0.717) is 23.7 Å². The van der Waals surface area contributed by atoms with Crippen molar-refractivity contribution < 1.29 is 19.2 Å². The Hall–Kier alpha value is -3.66. The Morgan fingerprint density at radius 1 is 0.607 bits per heavy atom. The molecular weight excluding hydrogens is 352 g/mol. The molecule has 0 fully saturated rings. The van der Waals surface area contributed by atoms with Crippen LogP contribution in [0, 0.1) is 13.8 Å². The predicted octanol–water partition coefficient (Wildman–Crippen LogP) is 4.39. The van der Waals surface area contributed by atoms with Crippen molar-refractivity contribution in [2.45, 2.75) is 13.8 Å². The normalized spacial score (nSPS) is 10.4. The zero-order valence-corrected chi connectivity index (χ0v) is 15.6. The van der Waals surface area contributed by atoms with Gasteiger partial charge in [0.15, 0.2) is 24.1 Å². The van der Waals surface area contributed by atoms with E-state index >= 15 is 0 Å². The summed E-state index contributed by atoms with van der Waals surface area (Å²) >= 11 is 0. The standard InChI is InChI=1S/C24H18O4/c1-15-3-7-17(8-4-15)23(27)21-11-20(14-26)22(12-19(21)13-25)24(28)18-9-5-16(2)6-10-18/h3-14H,1-2H3. The number of benzene rings is 3. The quantitative estimate of drug-likeness (QED) is 0.477. The van der Waals surface area contributed by atoms with Crippen LogP contribution in [-0.4, -0.2) is 24.1 Å². The van der Waals surface area contributed by atoms with Crippen molar-refractivity contribution in [2.75, 3.05) is 0 Å². The first-order valence-corrected chi connectivity index (χ1v) is 8.75. The number of carbonyl (C=O) groups excluding carboxylic acids is 4. The highest BCUT2D eigenvalue weighted by atomic mass is 16.1. The zero-order chi connectivity index (χ0) is 20.3. The van der Waals surface area contributed by atoms with Crippen molar-refractivity contribution >= 4 is 24.1 Å². The molecule has 4 nitrogen and oxygen atoms in total. The molecule has 0 unspecified atom stereocenters. The molecule has 0 heterocycles. The molecule has 0 aliphatic heterocycles. The van der Waals surface area contributed by atoms with Gasteiger partial charge in [-0.15, -0.1) is 0 Å². The minimum atomic E-state index is -0.375. The minimum absolute atomic E-state index is 0.0756. The lowest BCUT2D eigenvalue weighted by atomic mass is 9.90. The van der Waals surface area contributed by atoms with Gasteiger partial charge in [-0.2, -0.15) is 0 Å². The lowest BCUT2D eigenvalue weighted by Crippen LogP contribution is -2.12. The fraction of sp³-hybridized carbons (Fsp3) is 0.0833. The summed E-state index contributed by atoms with van der Waals surface area (Å²) < 4.78 is 0. The molecule has 0 atom stereocenters. The summed E-state index contributed by atoms with van der Waals surface area (Å²) in [6.07, 6.45) is 1.06. The minimum Gasteiger partial charge on any atom is -0.298 e. The summed E-state index contributed by atoms with van der Waals surface area (Å²) in [6.45, 7) is 3.81. The molecule has 0 N–H and O–H groups in total. The SMILES string of the molecule is Cc1ccc(C(=O)c2cc(C=O)c(C(=O)c3ccc(C)cc3)cc2C=O)cc1. The summed E-state index contributed by atoms with van der Waals surface area (Å²) in [4.78, 5) is 48.9. The Bertz CT molecular complexity index is 986. The maximum absolute atomic E-state index is 12.8. The third-order valence-corrected chi connectivity index (χ3v) is 4.59. The van der Waals surface area contributed by atoms with E-state index in [4.69, 9.17) is 0 Å². The van der Waals surface area contributed by atoms with Crippen molar-refractivity contribution in [2.24, 2.45) is 0 Å². The monoisotopic (exact) mass is 370 g/mol. The number of ketones is 2. The molecule has 0 bridgehead atoms. The van der Waals surface area contributed by atoms with E-state index in [1.165, 1.54) is 12.1 Å². The van der Waals surface area contributed by atoms with Gasteiger partial charge < -0.3 is 0 Å². The molecular formula is C24H18O4. The average Bonchev–Trinajstić information content (AvgIpc) is 2.72. The number of aryl methyl sites for hydroxylation is 2. The molecule has 3 aromatic rings. The molecule has 3 rings (SSSR count). The molecule has 0 radical (unpaired) electrons. The lowest BCUT2D eigenvalue weighted by molar-refractivity contribution is 0.101. The molecule has 3 aromatic carbocycles. The predicted molar refractivity (Wildman–Crippen MR) is 106 cm³/mol. The number of carbonyl (C=O) groups is 4. The van der Waals surface area contributed by atoms with Gasteiger partial charge in [0.1, 0.15) is 0 Å². The summed E-state index contributed by atoms with van der Waals surface area (Å²) in [5.74, 6) is -0.751. The van der Waals surface area contributed by atoms with Crippen molar-refractivity contribution in [3.8, 4) is 0 Å². The van der Waals surface area contributed by atoms with Crippen LogP contribution in [0.5, 0.6) is 0 Å². The van der Waals surface area contributed by atoms with Crippen LogP contribution in [0.2, 0.25) is 0 Å². The summed E-state index contributed by atoms with van der Waals surface area (Å²) in [5.41, 5.74) is 3.16.